The summed E-state index contributed by atoms with van der Waals surface area (Å²) in [6.45, 7) is 2.03. The van der Waals surface area contributed by atoms with Gasteiger partial charge in [-0.2, -0.15) is 0 Å². The van der Waals surface area contributed by atoms with Crippen LogP contribution in [0.5, 0.6) is 5.75 Å². The van der Waals surface area contributed by atoms with Crippen LogP contribution < -0.4 is 5.73 Å². The standard InChI is InChI=1S/C12H15NO3/c1-2-16-12(15)10-5-7-3-9(13)4-8(7)6-11(10)14/h5-6,9,14H,2-4,13H2,1H3. The molecular weight excluding hydrogens is 206 g/mol. The molecule has 0 fully saturated rings. The van der Waals surface area contributed by atoms with E-state index in [-0.39, 0.29) is 17.4 Å². The highest BCUT2D eigenvalue weighted by Gasteiger charge is 2.22. The number of phenols is 1. The van der Waals surface area contributed by atoms with E-state index in [4.69, 9.17) is 10.5 Å². The molecule has 4 nitrogen and oxygen atoms in total. The second kappa shape index (κ2) is 4.14. The largest absolute Gasteiger partial charge is 0.507 e. The summed E-state index contributed by atoms with van der Waals surface area (Å²) < 4.78 is 4.87. The first kappa shape index (κ1) is 11.0. The Hall–Kier alpha value is -1.55. The van der Waals surface area contributed by atoms with E-state index in [9.17, 15) is 9.90 Å². The fourth-order valence-corrected chi connectivity index (χ4v) is 2.07. The average molecular weight is 221 g/mol. The number of esters is 1. The molecule has 1 aliphatic carbocycles. The smallest absolute Gasteiger partial charge is 0.341 e. The molecular formula is C12H15NO3. The highest BCUT2D eigenvalue weighted by atomic mass is 16.5. The van der Waals surface area contributed by atoms with Crippen LogP contribution in [0.4, 0.5) is 0 Å². The van der Waals surface area contributed by atoms with Crippen molar-refractivity contribution < 1.29 is 14.6 Å². The van der Waals surface area contributed by atoms with Crippen LogP contribution in [0.2, 0.25) is 0 Å². The van der Waals surface area contributed by atoms with E-state index >= 15 is 0 Å². The second-order valence-corrected chi connectivity index (χ2v) is 4.03. The molecule has 0 amide bonds. The normalized spacial score (nSPS) is 18.2. The topological polar surface area (TPSA) is 72.5 Å². The predicted octanol–water partition coefficient (Wildman–Crippen LogP) is 0.995. The lowest BCUT2D eigenvalue weighted by atomic mass is 10.1. The fraction of sp³-hybridized carbons (Fsp3) is 0.417. The van der Waals surface area contributed by atoms with Crippen molar-refractivity contribution in [1.29, 1.82) is 0 Å². The molecule has 1 atom stereocenters. The fourth-order valence-electron chi connectivity index (χ4n) is 2.07. The molecule has 16 heavy (non-hydrogen) atoms. The zero-order valence-electron chi connectivity index (χ0n) is 9.19. The van der Waals surface area contributed by atoms with Gasteiger partial charge in [-0.3, -0.25) is 0 Å². The molecule has 0 aromatic heterocycles. The molecule has 0 saturated heterocycles. The number of ether oxygens (including phenoxy) is 1. The highest BCUT2D eigenvalue weighted by molar-refractivity contribution is 5.92. The number of nitrogens with two attached hydrogens (primary N) is 1. The van der Waals surface area contributed by atoms with Crippen LogP contribution in [-0.4, -0.2) is 23.7 Å². The molecule has 1 unspecified atom stereocenters. The first-order valence-corrected chi connectivity index (χ1v) is 5.39. The molecule has 0 radical (unpaired) electrons. The van der Waals surface area contributed by atoms with Crippen LogP contribution in [0.25, 0.3) is 0 Å². The van der Waals surface area contributed by atoms with Crippen molar-refractivity contribution in [3.05, 3.63) is 28.8 Å². The van der Waals surface area contributed by atoms with E-state index < -0.39 is 5.97 Å². The summed E-state index contributed by atoms with van der Waals surface area (Å²) in [7, 11) is 0. The van der Waals surface area contributed by atoms with Gasteiger partial charge in [0.05, 0.1) is 6.61 Å². The predicted molar refractivity (Wildman–Crippen MR) is 59.4 cm³/mol. The maximum atomic E-state index is 11.5. The molecule has 3 N–H and O–H groups in total. The van der Waals surface area contributed by atoms with Crippen LogP contribution in [0.3, 0.4) is 0 Å². The number of rotatable bonds is 2. The number of fused-ring (bicyclic) bond motifs is 1. The van der Waals surface area contributed by atoms with E-state index in [1.54, 1.807) is 19.1 Å². The summed E-state index contributed by atoms with van der Waals surface area (Å²) in [5, 5.41) is 9.72. The van der Waals surface area contributed by atoms with Gasteiger partial charge < -0.3 is 15.6 Å². The summed E-state index contributed by atoms with van der Waals surface area (Å²) in [5.74, 6) is -0.505. The molecule has 0 saturated carbocycles. The van der Waals surface area contributed by atoms with Gasteiger partial charge in [0.25, 0.3) is 0 Å². The van der Waals surface area contributed by atoms with Gasteiger partial charge in [0.15, 0.2) is 0 Å². The molecule has 1 aliphatic rings. The lowest BCUT2D eigenvalue weighted by Crippen LogP contribution is -2.19. The van der Waals surface area contributed by atoms with Gasteiger partial charge in [0, 0.05) is 6.04 Å². The van der Waals surface area contributed by atoms with Gasteiger partial charge in [-0.1, -0.05) is 0 Å². The van der Waals surface area contributed by atoms with Crippen molar-refractivity contribution in [2.24, 2.45) is 5.73 Å². The van der Waals surface area contributed by atoms with Gasteiger partial charge in [0.1, 0.15) is 11.3 Å². The first-order chi connectivity index (χ1) is 7.61. The first-order valence-electron chi connectivity index (χ1n) is 5.39. The Morgan fingerprint density at radius 3 is 2.75 bits per heavy atom. The lowest BCUT2D eigenvalue weighted by molar-refractivity contribution is 0.0523. The van der Waals surface area contributed by atoms with Crippen LogP contribution in [0, 0.1) is 0 Å². The summed E-state index contributed by atoms with van der Waals surface area (Å²) in [6.07, 6.45) is 1.51. The number of carbonyl (C=O) groups excluding carboxylic acids is 1. The third kappa shape index (κ3) is 1.88. The van der Waals surface area contributed by atoms with Crippen molar-refractivity contribution in [2.75, 3.05) is 6.61 Å². The average Bonchev–Trinajstić information content (AvgIpc) is 2.56. The molecule has 0 bridgehead atoms. The Morgan fingerprint density at radius 1 is 1.50 bits per heavy atom. The number of hydrogen-bond donors (Lipinski definition) is 2. The summed E-state index contributed by atoms with van der Waals surface area (Å²) in [6, 6.07) is 3.40. The van der Waals surface area contributed by atoms with Crippen molar-refractivity contribution >= 4 is 5.97 Å². The van der Waals surface area contributed by atoms with Crippen molar-refractivity contribution in [2.45, 2.75) is 25.8 Å². The Kier molecular flexibility index (Phi) is 2.83. The van der Waals surface area contributed by atoms with Crippen molar-refractivity contribution in [3.8, 4) is 5.75 Å². The minimum absolute atomic E-state index is 0.0219. The maximum Gasteiger partial charge on any atom is 0.341 e. The van der Waals surface area contributed by atoms with E-state index in [0.29, 0.717) is 6.61 Å². The van der Waals surface area contributed by atoms with E-state index in [0.717, 1.165) is 24.0 Å². The second-order valence-electron chi connectivity index (χ2n) is 4.03. The lowest BCUT2D eigenvalue weighted by Gasteiger charge is -2.07. The number of hydrogen-bond acceptors (Lipinski definition) is 4. The van der Waals surface area contributed by atoms with Crippen LogP contribution in [0.15, 0.2) is 12.1 Å². The Labute approximate surface area is 94.0 Å². The van der Waals surface area contributed by atoms with Crippen LogP contribution in [-0.2, 0) is 17.6 Å². The highest BCUT2D eigenvalue weighted by Crippen LogP contribution is 2.29. The Bertz CT molecular complexity index is 429. The van der Waals surface area contributed by atoms with E-state index in [2.05, 4.69) is 0 Å². The zero-order chi connectivity index (χ0) is 11.7. The molecule has 2 rings (SSSR count). The summed E-state index contributed by atoms with van der Waals surface area (Å²) in [4.78, 5) is 11.5. The number of aromatic hydroxyl groups is 1. The maximum absolute atomic E-state index is 11.5. The summed E-state index contributed by atoms with van der Waals surface area (Å²) >= 11 is 0. The Morgan fingerprint density at radius 2 is 2.12 bits per heavy atom. The van der Waals surface area contributed by atoms with Crippen molar-refractivity contribution in [3.63, 3.8) is 0 Å². The minimum Gasteiger partial charge on any atom is -0.507 e. The quantitative estimate of drug-likeness (QED) is 0.731. The van der Waals surface area contributed by atoms with Gasteiger partial charge in [-0.25, -0.2) is 4.79 Å². The van der Waals surface area contributed by atoms with Gasteiger partial charge >= 0.3 is 5.97 Å². The van der Waals surface area contributed by atoms with Crippen LogP contribution >= 0.6 is 0 Å². The molecule has 4 heteroatoms. The molecule has 0 heterocycles. The number of carbonyl (C=O) groups is 1. The molecule has 86 valence electrons. The summed E-state index contributed by atoms with van der Waals surface area (Å²) in [5.41, 5.74) is 8.11. The minimum atomic E-state index is -0.483. The monoisotopic (exact) mass is 221 g/mol. The number of benzene rings is 1. The third-order valence-corrected chi connectivity index (χ3v) is 2.78. The van der Waals surface area contributed by atoms with E-state index in [1.165, 1.54) is 0 Å². The van der Waals surface area contributed by atoms with Crippen molar-refractivity contribution in [1.82, 2.24) is 0 Å². The SMILES string of the molecule is CCOC(=O)c1cc2c(cc1O)CC(N)C2. The molecule has 1 aromatic rings. The van der Waals surface area contributed by atoms with Gasteiger partial charge in [-0.15, -0.1) is 0 Å². The molecule has 1 aromatic carbocycles. The zero-order valence-corrected chi connectivity index (χ0v) is 9.19. The molecule has 0 aliphatic heterocycles. The van der Waals surface area contributed by atoms with Crippen LogP contribution in [0.1, 0.15) is 28.4 Å². The van der Waals surface area contributed by atoms with E-state index in [1.807, 2.05) is 0 Å². The Balaban J connectivity index is 2.35. The molecule has 0 spiro atoms. The third-order valence-electron chi connectivity index (χ3n) is 2.78. The number of phenolic OH excluding ortho intramolecular Hbond substituents is 1. The van der Waals surface area contributed by atoms with Gasteiger partial charge in [0.2, 0.25) is 0 Å². The van der Waals surface area contributed by atoms with Gasteiger partial charge in [-0.05, 0) is 43.0 Å².